The Balaban J connectivity index is 1.41. The molecule has 3 nitrogen and oxygen atoms in total. The molecule has 0 saturated carbocycles. The molecular weight excluding hydrogens is 360 g/mol. The zero-order valence-corrected chi connectivity index (χ0v) is 16.4. The Bertz CT molecular complexity index is 878. The van der Waals surface area contributed by atoms with Crippen LogP contribution < -0.4 is 0 Å². The Hall–Kier alpha value is -2.72. The maximum absolute atomic E-state index is 6.37. The van der Waals surface area contributed by atoms with Gasteiger partial charge in [0.25, 0.3) is 0 Å². The topological polar surface area (TPSA) is 27.7 Å². The van der Waals surface area contributed by atoms with Gasteiger partial charge in [-0.2, -0.15) is 0 Å². The summed E-state index contributed by atoms with van der Waals surface area (Å²) in [6, 6.07) is 30.6. The first kappa shape index (κ1) is 19.6. The molecule has 148 valence electrons. The highest BCUT2D eigenvalue weighted by atomic mass is 16.6. The van der Waals surface area contributed by atoms with Crippen LogP contribution in [-0.2, 0) is 27.4 Å². The van der Waals surface area contributed by atoms with Gasteiger partial charge in [0.05, 0.1) is 19.8 Å². The minimum Gasteiger partial charge on any atom is -0.374 e. The van der Waals surface area contributed by atoms with E-state index < -0.39 is 0 Å². The van der Waals surface area contributed by atoms with E-state index in [9.17, 15) is 0 Å². The second-order valence-electron chi connectivity index (χ2n) is 7.15. The van der Waals surface area contributed by atoms with E-state index in [0.717, 1.165) is 16.7 Å². The minimum absolute atomic E-state index is 0.0851. The largest absolute Gasteiger partial charge is 0.374 e. The monoisotopic (exact) mass is 386 g/mol. The van der Waals surface area contributed by atoms with Gasteiger partial charge in [-0.05, 0) is 16.7 Å². The standard InChI is InChI=1S/C26H26O3/c1-4-10-21(11-5-1)18-27-20-26-25(28-19-22-12-6-2-7-13-22)17-16-24(29-26)23-14-8-3-9-15-23/h1-17,24-26H,18-20H2/t24-,25-,26+/m0/s1. The van der Waals surface area contributed by atoms with E-state index in [0.29, 0.717) is 19.8 Å². The summed E-state index contributed by atoms with van der Waals surface area (Å²) >= 11 is 0. The molecule has 0 aliphatic carbocycles. The molecule has 0 amide bonds. The molecule has 3 aromatic rings. The third-order valence-electron chi connectivity index (χ3n) is 4.97. The van der Waals surface area contributed by atoms with Crippen molar-refractivity contribution in [1.82, 2.24) is 0 Å². The fourth-order valence-corrected chi connectivity index (χ4v) is 3.41. The van der Waals surface area contributed by atoms with Crippen molar-refractivity contribution < 1.29 is 14.2 Å². The van der Waals surface area contributed by atoms with Gasteiger partial charge in [0.1, 0.15) is 18.3 Å². The van der Waals surface area contributed by atoms with Crippen molar-refractivity contribution in [3.63, 3.8) is 0 Å². The van der Waals surface area contributed by atoms with E-state index in [1.54, 1.807) is 0 Å². The molecule has 0 saturated heterocycles. The second kappa shape index (κ2) is 10.2. The molecule has 0 aromatic heterocycles. The number of hydrogen-bond donors (Lipinski definition) is 0. The molecule has 29 heavy (non-hydrogen) atoms. The smallest absolute Gasteiger partial charge is 0.112 e. The minimum atomic E-state index is -0.169. The van der Waals surface area contributed by atoms with Crippen LogP contribution in [0.25, 0.3) is 0 Å². The Morgan fingerprint density at radius 2 is 1.24 bits per heavy atom. The zero-order chi connectivity index (χ0) is 19.7. The second-order valence-corrected chi connectivity index (χ2v) is 7.15. The molecule has 0 fully saturated rings. The molecule has 0 unspecified atom stereocenters. The lowest BCUT2D eigenvalue weighted by Gasteiger charge is -2.32. The van der Waals surface area contributed by atoms with Crippen molar-refractivity contribution in [2.75, 3.05) is 6.61 Å². The number of hydrogen-bond acceptors (Lipinski definition) is 3. The number of ether oxygens (including phenoxy) is 3. The van der Waals surface area contributed by atoms with Gasteiger partial charge in [-0.25, -0.2) is 0 Å². The predicted molar refractivity (Wildman–Crippen MR) is 114 cm³/mol. The quantitative estimate of drug-likeness (QED) is 0.480. The molecule has 3 heteroatoms. The van der Waals surface area contributed by atoms with E-state index in [2.05, 4.69) is 48.6 Å². The lowest BCUT2D eigenvalue weighted by atomic mass is 10.0. The van der Waals surface area contributed by atoms with Crippen molar-refractivity contribution in [1.29, 1.82) is 0 Å². The SMILES string of the molecule is C1=C[C@H](OCc2ccccc2)[C@@H](COCc2ccccc2)O[C@@H]1c1ccccc1. The van der Waals surface area contributed by atoms with Crippen molar-refractivity contribution >= 4 is 0 Å². The summed E-state index contributed by atoms with van der Waals surface area (Å²) in [4.78, 5) is 0. The van der Waals surface area contributed by atoms with Crippen LogP contribution in [0.2, 0.25) is 0 Å². The zero-order valence-electron chi connectivity index (χ0n) is 16.4. The molecule has 3 atom stereocenters. The Kier molecular flexibility index (Phi) is 6.87. The Labute approximate surface area is 172 Å². The molecule has 1 heterocycles. The van der Waals surface area contributed by atoms with Gasteiger partial charge in [0.2, 0.25) is 0 Å². The first-order valence-corrected chi connectivity index (χ1v) is 10.0. The maximum atomic E-state index is 6.37. The molecule has 4 rings (SSSR count). The van der Waals surface area contributed by atoms with Crippen molar-refractivity contribution in [2.24, 2.45) is 0 Å². The highest BCUT2D eigenvalue weighted by molar-refractivity contribution is 5.23. The lowest BCUT2D eigenvalue weighted by Crippen LogP contribution is -2.38. The molecule has 0 spiro atoms. The highest BCUT2D eigenvalue weighted by Crippen LogP contribution is 2.28. The average molecular weight is 386 g/mol. The molecule has 1 aliphatic rings. The van der Waals surface area contributed by atoms with Crippen LogP contribution in [0.15, 0.2) is 103 Å². The van der Waals surface area contributed by atoms with Crippen molar-refractivity contribution in [3.8, 4) is 0 Å². The van der Waals surface area contributed by atoms with Crippen LogP contribution in [0.4, 0.5) is 0 Å². The van der Waals surface area contributed by atoms with Gasteiger partial charge >= 0.3 is 0 Å². The van der Waals surface area contributed by atoms with E-state index in [-0.39, 0.29) is 18.3 Å². The van der Waals surface area contributed by atoms with Crippen LogP contribution in [-0.4, -0.2) is 18.8 Å². The van der Waals surface area contributed by atoms with Crippen LogP contribution in [0.5, 0.6) is 0 Å². The normalized spacial score (nSPS) is 21.2. The van der Waals surface area contributed by atoms with E-state index in [1.807, 2.05) is 54.6 Å². The maximum Gasteiger partial charge on any atom is 0.112 e. The summed E-state index contributed by atoms with van der Waals surface area (Å²) in [6.45, 7) is 1.58. The lowest BCUT2D eigenvalue weighted by molar-refractivity contribution is -0.120. The van der Waals surface area contributed by atoms with Gasteiger partial charge in [-0.1, -0.05) is 103 Å². The van der Waals surface area contributed by atoms with Gasteiger partial charge in [-0.3, -0.25) is 0 Å². The average Bonchev–Trinajstić information content (AvgIpc) is 2.80. The van der Waals surface area contributed by atoms with Crippen LogP contribution in [0.3, 0.4) is 0 Å². The summed E-state index contributed by atoms with van der Waals surface area (Å²) in [7, 11) is 0. The van der Waals surface area contributed by atoms with Crippen LogP contribution in [0.1, 0.15) is 22.8 Å². The number of rotatable bonds is 8. The summed E-state index contributed by atoms with van der Waals surface area (Å²) in [5.41, 5.74) is 3.44. The van der Waals surface area contributed by atoms with E-state index in [1.165, 1.54) is 0 Å². The molecule has 0 radical (unpaired) electrons. The fraction of sp³-hybridized carbons (Fsp3) is 0.231. The molecule has 0 N–H and O–H groups in total. The van der Waals surface area contributed by atoms with E-state index in [4.69, 9.17) is 14.2 Å². The molecular formula is C26H26O3. The third kappa shape index (κ3) is 5.64. The predicted octanol–water partition coefficient (Wildman–Crippen LogP) is 5.48. The van der Waals surface area contributed by atoms with E-state index >= 15 is 0 Å². The highest BCUT2D eigenvalue weighted by Gasteiger charge is 2.29. The third-order valence-corrected chi connectivity index (χ3v) is 4.97. The van der Waals surface area contributed by atoms with Gasteiger partial charge < -0.3 is 14.2 Å². The van der Waals surface area contributed by atoms with Crippen LogP contribution in [0, 0.1) is 0 Å². The number of benzene rings is 3. The fourth-order valence-electron chi connectivity index (χ4n) is 3.41. The molecule has 0 bridgehead atoms. The van der Waals surface area contributed by atoms with Gasteiger partial charge in [0, 0.05) is 0 Å². The molecule has 3 aromatic carbocycles. The van der Waals surface area contributed by atoms with Gasteiger partial charge in [0.15, 0.2) is 0 Å². The van der Waals surface area contributed by atoms with Crippen molar-refractivity contribution in [3.05, 3.63) is 120 Å². The first-order valence-electron chi connectivity index (χ1n) is 10.0. The Morgan fingerprint density at radius 1 is 0.655 bits per heavy atom. The summed E-state index contributed by atoms with van der Waals surface area (Å²) in [5, 5.41) is 0. The van der Waals surface area contributed by atoms with Crippen LogP contribution >= 0.6 is 0 Å². The Morgan fingerprint density at radius 3 is 1.90 bits per heavy atom. The van der Waals surface area contributed by atoms with Gasteiger partial charge in [-0.15, -0.1) is 0 Å². The summed E-state index contributed by atoms with van der Waals surface area (Å²) in [6.07, 6.45) is 3.79. The first-order chi connectivity index (χ1) is 14.4. The molecule has 1 aliphatic heterocycles. The summed E-state index contributed by atoms with van der Waals surface area (Å²) in [5.74, 6) is 0. The summed E-state index contributed by atoms with van der Waals surface area (Å²) < 4.78 is 18.5. The van der Waals surface area contributed by atoms with Crippen molar-refractivity contribution in [2.45, 2.75) is 31.5 Å².